The largest absolute Gasteiger partial charge is 0.410 e. The van der Waals surface area contributed by atoms with Crippen LogP contribution in [0.1, 0.15) is 24.0 Å². The topological polar surface area (TPSA) is 108 Å². The monoisotopic (exact) mass is 447 g/mol. The predicted octanol–water partition coefficient (Wildman–Crippen LogP) is 2.72. The van der Waals surface area contributed by atoms with Gasteiger partial charge in [0.25, 0.3) is 11.7 Å². The molecule has 8 nitrogen and oxygen atoms in total. The molecule has 0 radical (unpaired) electrons. The van der Waals surface area contributed by atoms with Gasteiger partial charge in [0.1, 0.15) is 5.82 Å². The van der Waals surface area contributed by atoms with Crippen molar-refractivity contribution < 1.29 is 28.6 Å². The van der Waals surface area contributed by atoms with Crippen LogP contribution in [0.4, 0.5) is 20.6 Å². The SMILES string of the molecule is O=C1CCc2cc(N3CC[C@](O)(OC(=O)NCc4ccc(Cl)c(F)c4)C3=O)ccc2N1. The maximum absolute atomic E-state index is 13.5. The molecule has 1 saturated heterocycles. The second kappa shape index (κ2) is 8.16. The first-order valence-electron chi connectivity index (χ1n) is 9.63. The van der Waals surface area contributed by atoms with E-state index in [0.29, 0.717) is 29.8 Å². The van der Waals surface area contributed by atoms with Crippen molar-refractivity contribution in [2.75, 3.05) is 16.8 Å². The molecule has 3 N–H and O–H groups in total. The first-order valence-corrected chi connectivity index (χ1v) is 10.0. The van der Waals surface area contributed by atoms with Gasteiger partial charge in [-0.1, -0.05) is 17.7 Å². The van der Waals surface area contributed by atoms with Crippen molar-refractivity contribution in [3.05, 3.63) is 58.4 Å². The van der Waals surface area contributed by atoms with Gasteiger partial charge in [-0.3, -0.25) is 9.59 Å². The summed E-state index contributed by atoms with van der Waals surface area (Å²) in [5.74, 6) is -3.76. The maximum Gasteiger partial charge on any atom is 0.410 e. The minimum Gasteiger partial charge on any atom is -0.407 e. The molecule has 2 aromatic rings. The lowest BCUT2D eigenvalue weighted by molar-refractivity contribution is -0.175. The highest BCUT2D eigenvalue weighted by Crippen LogP contribution is 2.33. The molecule has 4 rings (SSSR count). The van der Waals surface area contributed by atoms with E-state index in [0.717, 1.165) is 11.6 Å². The molecule has 31 heavy (non-hydrogen) atoms. The Morgan fingerprint density at radius 1 is 1.26 bits per heavy atom. The van der Waals surface area contributed by atoms with Crippen LogP contribution in [0.5, 0.6) is 0 Å². The molecule has 0 bridgehead atoms. The second-order valence-electron chi connectivity index (χ2n) is 7.37. The van der Waals surface area contributed by atoms with Crippen LogP contribution >= 0.6 is 11.6 Å². The first kappa shape index (κ1) is 21.1. The Bertz CT molecular complexity index is 1080. The van der Waals surface area contributed by atoms with Crippen LogP contribution in [0.2, 0.25) is 5.02 Å². The fourth-order valence-electron chi connectivity index (χ4n) is 3.57. The predicted molar refractivity (Wildman–Crippen MR) is 110 cm³/mol. The molecule has 0 aliphatic carbocycles. The number of ether oxygens (including phenoxy) is 1. The fourth-order valence-corrected chi connectivity index (χ4v) is 3.69. The number of benzene rings is 2. The summed E-state index contributed by atoms with van der Waals surface area (Å²) in [6.07, 6.45) is -0.218. The quantitative estimate of drug-likeness (QED) is 0.624. The molecule has 162 valence electrons. The number of nitrogens with zero attached hydrogens (tertiary/aromatic N) is 1. The summed E-state index contributed by atoms with van der Waals surface area (Å²) in [4.78, 5) is 37.7. The molecule has 3 amide bonds. The minimum absolute atomic E-state index is 0.0400. The molecular formula is C21H19ClFN3O5. The van der Waals surface area contributed by atoms with Gasteiger partial charge in [-0.25, -0.2) is 9.18 Å². The Morgan fingerprint density at radius 2 is 2.06 bits per heavy atom. The molecule has 2 aliphatic heterocycles. The van der Waals surface area contributed by atoms with E-state index in [9.17, 15) is 23.9 Å². The Balaban J connectivity index is 1.39. The van der Waals surface area contributed by atoms with Gasteiger partial charge in [0.05, 0.1) is 5.02 Å². The third kappa shape index (κ3) is 4.33. The van der Waals surface area contributed by atoms with Crippen LogP contribution < -0.4 is 15.5 Å². The van der Waals surface area contributed by atoms with E-state index >= 15 is 0 Å². The highest BCUT2D eigenvalue weighted by molar-refractivity contribution is 6.30. The normalized spacial score (nSPS) is 20.3. The van der Waals surface area contributed by atoms with Crippen molar-refractivity contribution in [1.29, 1.82) is 0 Å². The van der Waals surface area contributed by atoms with Crippen molar-refractivity contribution in [3.8, 4) is 0 Å². The third-order valence-corrected chi connectivity index (χ3v) is 5.54. The van der Waals surface area contributed by atoms with Gasteiger partial charge in [0, 0.05) is 37.3 Å². The summed E-state index contributed by atoms with van der Waals surface area (Å²) in [5, 5.41) is 15.7. The molecule has 0 unspecified atom stereocenters. The van der Waals surface area contributed by atoms with E-state index in [1.165, 1.54) is 17.0 Å². The third-order valence-electron chi connectivity index (χ3n) is 5.23. The van der Waals surface area contributed by atoms with Gasteiger partial charge < -0.3 is 25.4 Å². The van der Waals surface area contributed by atoms with Gasteiger partial charge in [-0.15, -0.1) is 0 Å². The van der Waals surface area contributed by atoms with E-state index in [-0.39, 0.29) is 30.4 Å². The zero-order valence-corrected chi connectivity index (χ0v) is 17.0. The number of anilines is 2. The van der Waals surface area contributed by atoms with Crippen LogP contribution in [-0.4, -0.2) is 35.3 Å². The van der Waals surface area contributed by atoms with E-state index < -0.39 is 23.6 Å². The van der Waals surface area contributed by atoms with Crippen LogP contribution in [0.15, 0.2) is 36.4 Å². The van der Waals surface area contributed by atoms with Crippen molar-refractivity contribution >= 4 is 40.9 Å². The number of nitrogens with one attached hydrogen (secondary N) is 2. The van der Waals surface area contributed by atoms with E-state index in [1.807, 2.05) is 0 Å². The van der Waals surface area contributed by atoms with Crippen LogP contribution in [0.3, 0.4) is 0 Å². The van der Waals surface area contributed by atoms with Crippen LogP contribution in [-0.2, 0) is 27.3 Å². The number of carbonyl (C=O) groups is 3. The zero-order valence-electron chi connectivity index (χ0n) is 16.3. The lowest BCUT2D eigenvalue weighted by Crippen LogP contribution is -2.46. The van der Waals surface area contributed by atoms with Crippen molar-refractivity contribution in [1.82, 2.24) is 5.32 Å². The summed E-state index contributed by atoms with van der Waals surface area (Å²) in [6, 6.07) is 9.18. The number of hydrogen-bond acceptors (Lipinski definition) is 5. The minimum atomic E-state index is -2.31. The number of halogens is 2. The number of aryl methyl sites for hydroxylation is 1. The Morgan fingerprint density at radius 3 is 2.84 bits per heavy atom. The molecule has 0 spiro atoms. The van der Waals surface area contributed by atoms with Crippen molar-refractivity contribution in [3.63, 3.8) is 0 Å². The van der Waals surface area contributed by atoms with E-state index in [2.05, 4.69) is 10.6 Å². The summed E-state index contributed by atoms with van der Waals surface area (Å²) < 4.78 is 18.5. The number of amides is 3. The molecule has 2 aromatic carbocycles. The van der Waals surface area contributed by atoms with Gasteiger partial charge in [0.2, 0.25) is 5.91 Å². The molecule has 0 saturated carbocycles. The maximum atomic E-state index is 13.5. The molecule has 2 aliphatic rings. The lowest BCUT2D eigenvalue weighted by Gasteiger charge is -2.24. The lowest BCUT2D eigenvalue weighted by atomic mass is 10.0. The van der Waals surface area contributed by atoms with E-state index in [1.54, 1.807) is 18.2 Å². The van der Waals surface area contributed by atoms with Crippen LogP contribution in [0, 0.1) is 5.82 Å². The van der Waals surface area contributed by atoms with Gasteiger partial charge >= 0.3 is 6.09 Å². The molecule has 1 atom stereocenters. The molecule has 0 aromatic heterocycles. The van der Waals surface area contributed by atoms with Crippen molar-refractivity contribution in [2.24, 2.45) is 0 Å². The summed E-state index contributed by atoms with van der Waals surface area (Å²) in [6.45, 7) is 0.0770. The van der Waals surface area contributed by atoms with Gasteiger partial charge in [-0.05, 0) is 47.9 Å². The Kier molecular flexibility index (Phi) is 5.55. The smallest absolute Gasteiger partial charge is 0.407 e. The average molecular weight is 448 g/mol. The Hall–Kier alpha value is -3.17. The average Bonchev–Trinajstić information content (AvgIpc) is 3.03. The highest BCUT2D eigenvalue weighted by Gasteiger charge is 2.49. The fraction of sp³-hybridized carbons (Fsp3) is 0.286. The van der Waals surface area contributed by atoms with Crippen molar-refractivity contribution in [2.45, 2.75) is 31.6 Å². The second-order valence-corrected chi connectivity index (χ2v) is 7.78. The number of fused-ring (bicyclic) bond motifs is 1. The molecule has 1 fully saturated rings. The summed E-state index contributed by atoms with van der Waals surface area (Å²) in [7, 11) is 0. The molecule has 2 heterocycles. The number of aliphatic hydroxyl groups is 1. The number of rotatable bonds is 4. The van der Waals surface area contributed by atoms with Gasteiger partial charge in [-0.2, -0.15) is 0 Å². The number of carbonyl (C=O) groups excluding carboxylic acids is 3. The standard InChI is InChI=1S/C21H19ClFN3O5/c22-15-4-1-12(9-16(15)23)11-24-20(29)31-21(30)7-8-26(19(21)28)14-3-5-17-13(10-14)2-6-18(27)25-17/h1,3-5,9-10,30H,2,6-8,11H2,(H,24,29)(H,25,27)/t21-/m0/s1. The first-order chi connectivity index (χ1) is 14.7. The molecule has 10 heteroatoms. The summed E-state index contributed by atoms with van der Waals surface area (Å²) in [5.41, 5.74) is 2.55. The van der Waals surface area contributed by atoms with E-state index in [4.69, 9.17) is 16.3 Å². The van der Waals surface area contributed by atoms with Crippen LogP contribution in [0.25, 0.3) is 0 Å². The Labute approximate surface area is 181 Å². The summed E-state index contributed by atoms with van der Waals surface area (Å²) >= 11 is 5.62. The zero-order chi connectivity index (χ0) is 22.2. The van der Waals surface area contributed by atoms with Gasteiger partial charge in [0.15, 0.2) is 0 Å². The number of hydrogen-bond donors (Lipinski definition) is 3. The molecular weight excluding hydrogens is 429 g/mol. The highest BCUT2D eigenvalue weighted by atomic mass is 35.5. The number of alkyl carbamates (subject to hydrolysis) is 1.